The topological polar surface area (TPSA) is 41.3 Å². The van der Waals surface area contributed by atoms with Crippen LogP contribution in [0.2, 0.25) is 0 Å². The van der Waals surface area contributed by atoms with E-state index in [0.29, 0.717) is 12.0 Å². The van der Waals surface area contributed by atoms with Crippen molar-refractivity contribution in [2.24, 2.45) is 5.73 Å². The van der Waals surface area contributed by atoms with E-state index in [9.17, 15) is 0 Å². The highest BCUT2D eigenvalue weighted by molar-refractivity contribution is 5.21. The number of nitrogens with two attached hydrogens (primary N) is 1. The Balaban J connectivity index is 2.06. The second kappa shape index (κ2) is 6.15. The zero-order chi connectivity index (χ0) is 12.1. The van der Waals surface area contributed by atoms with Gasteiger partial charge in [-0.15, -0.1) is 0 Å². The van der Waals surface area contributed by atoms with Crippen LogP contribution in [0.1, 0.15) is 17.9 Å². The highest BCUT2D eigenvalue weighted by atomic mass is 15.2. The number of hydrogen-bond donors (Lipinski definition) is 2. The molecule has 3 nitrogen and oxygen atoms in total. The molecule has 0 aliphatic carbocycles. The molecule has 0 bridgehead atoms. The van der Waals surface area contributed by atoms with Gasteiger partial charge in [0.2, 0.25) is 0 Å². The van der Waals surface area contributed by atoms with Crippen LogP contribution in [0.25, 0.3) is 0 Å². The zero-order valence-corrected chi connectivity index (χ0v) is 10.6. The molecule has 2 unspecified atom stereocenters. The Hall–Kier alpha value is -0.900. The van der Waals surface area contributed by atoms with E-state index in [4.69, 9.17) is 5.73 Å². The average molecular weight is 233 g/mol. The summed E-state index contributed by atoms with van der Waals surface area (Å²) in [6.07, 6.45) is 1.22. The summed E-state index contributed by atoms with van der Waals surface area (Å²) in [6, 6.07) is 11.4. The van der Waals surface area contributed by atoms with Gasteiger partial charge in [-0.05, 0) is 24.9 Å². The first-order chi connectivity index (χ1) is 8.33. The van der Waals surface area contributed by atoms with Gasteiger partial charge in [0.15, 0.2) is 0 Å². The molecule has 1 heterocycles. The molecule has 2 rings (SSSR count). The van der Waals surface area contributed by atoms with Crippen LogP contribution in [0.15, 0.2) is 30.3 Å². The number of likely N-dealkylation sites (N-methyl/N-ethyl adjacent to an activating group) is 1. The number of hydrogen-bond acceptors (Lipinski definition) is 3. The SMILES string of the molecule is CNC1CC(c2ccccc2)CN(CCN)C1. The molecule has 0 aromatic heterocycles. The van der Waals surface area contributed by atoms with Gasteiger partial charge in [-0.25, -0.2) is 0 Å². The van der Waals surface area contributed by atoms with Crippen molar-refractivity contribution in [3.8, 4) is 0 Å². The predicted octanol–water partition coefficient (Wildman–Crippen LogP) is 1.02. The summed E-state index contributed by atoms with van der Waals surface area (Å²) >= 11 is 0. The minimum absolute atomic E-state index is 0.584. The average Bonchev–Trinajstić information content (AvgIpc) is 2.40. The molecule has 1 aliphatic rings. The molecule has 3 N–H and O–H groups in total. The summed E-state index contributed by atoms with van der Waals surface area (Å²) in [5, 5.41) is 3.41. The van der Waals surface area contributed by atoms with Crippen LogP contribution >= 0.6 is 0 Å². The maximum absolute atomic E-state index is 5.67. The molecular formula is C14H23N3. The Labute approximate surface area is 104 Å². The maximum atomic E-state index is 5.67. The number of nitrogens with zero attached hydrogens (tertiary/aromatic N) is 1. The van der Waals surface area contributed by atoms with Gasteiger partial charge in [0, 0.05) is 32.2 Å². The van der Waals surface area contributed by atoms with Gasteiger partial charge in [0.1, 0.15) is 0 Å². The Morgan fingerprint density at radius 2 is 2.06 bits per heavy atom. The molecule has 1 fully saturated rings. The van der Waals surface area contributed by atoms with Crippen LogP contribution in [0.4, 0.5) is 0 Å². The quantitative estimate of drug-likeness (QED) is 0.816. The van der Waals surface area contributed by atoms with Crippen molar-refractivity contribution in [2.75, 3.05) is 33.2 Å². The third kappa shape index (κ3) is 3.28. The lowest BCUT2D eigenvalue weighted by molar-refractivity contribution is 0.180. The van der Waals surface area contributed by atoms with E-state index < -0.39 is 0 Å². The monoisotopic (exact) mass is 233 g/mol. The number of benzene rings is 1. The van der Waals surface area contributed by atoms with Crippen LogP contribution in [-0.2, 0) is 0 Å². The summed E-state index contributed by atoms with van der Waals surface area (Å²) < 4.78 is 0. The van der Waals surface area contributed by atoms with Crippen molar-refractivity contribution >= 4 is 0 Å². The summed E-state index contributed by atoms with van der Waals surface area (Å²) in [6.45, 7) is 4.01. The summed E-state index contributed by atoms with van der Waals surface area (Å²) in [5.41, 5.74) is 7.12. The Morgan fingerprint density at radius 1 is 1.29 bits per heavy atom. The minimum atomic E-state index is 0.584. The molecule has 1 aromatic carbocycles. The largest absolute Gasteiger partial charge is 0.329 e. The van der Waals surface area contributed by atoms with Gasteiger partial charge in [0.25, 0.3) is 0 Å². The van der Waals surface area contributed by atoms with Crippen LogP contribution in [0.3, 0.4) is 0 Å². The van der Waals surface area contributed by atoms with Gasteiger partial charge >= 0.3 is 0 Å². The minimum Gasteiger partial charge on any atom is -0.329 e. The third-order valence-electron chi connectivity index (χ3n) is 3.65. The van der Waals surface area contributed by atoms with Crippen LogP contribution in [-0.4, -0.2) is 44.2 Å². The van der Waals surface area contributed by atoms with Crippen LogP contribution in [0.5, 0.6) is 0 Å². The van der Waals surface area contributed by atoms with E-state index in [2.05, 4.69) is 47.6 Å². The third-order valence-corrected chi connectivity index (χ3v) is 3.65. The van der Waals surface area contributed by atoms with E-state index in [1.807, 2.05) is 0 Å². The van der Waals surface area contributed by atoms with Crippen molar-refractivity contribution in [1.82, 2.24) is 10.2 Å². The van der Waals surface area contributed by atoms with Crippen LogP contribution in [0, 0.1) is 0 Å². The highest BCUT2D eigenvalue weighted by Gasteiger charge is 2.26. The lowest BCUT2D eigenvalue weighted by atomic mass is 9.88. The molecule has 17 heavy (non-hydrogen) atoms. The Kier molecular flexibility index (Phi) is 4.54. The fourth-order valence-corrected chi connectivity index (χ4v) is 2.73. The Bertz CT molecular complexity index is 325. The van der Waals surface area contributed by atoms with E-state index in [0.717, 1.165) is 26.2 Å². The van der Waals surface area contributed by atoms with Crippen molar-refractivity contribution in [3.63, 3.8) is 0 Å². The van der Waals surface area contributed by atoms with Crippen molar-refractivity contribution in [2.45, 2.75) is 18.4 Å². The van der Waals surface area contributed by atoms with Crippen molar-refractivity contribution in [1.29, 1.82) is 0 Å². The first-order valence-corrected chi connectivity index (χ1v) is 6.48. The highest BCUT2D eigenvalue weighted by Crippen LogP contribution is 2.26. The zero-order valence-electron chi connectivity index (χ0n) is 10.6. The van der Waals surface area contributed by atoms with E-state index in [1.165, 1.54) is 12.0 Å². The maximum Gasteiger partial charge on any atom is 0.0198 e. The molecular weight excluding hydrogens is 210 g/mol. The predicted molar refractivity (Wildman–Crippen MR) is 72.1 cm³/mol. The normalized spacial score (nSPS) is 26.0. The van der Waals surface area contributed by atoms with Gasteiger partial charge in [0.05, 0.1) is 0 Å². The number of likely N-dealkylation sites (tertiary alicyclic amines) is 1. The second-order valence-corrected chi connectivity index (χ2v) is 4.88. The van der Waals surface area contributed by atoms with E-state index in [1.54, 1.807) is 0 Å². The molecule has 3 heteroatoms. The second-order valence-electron chi connectivity index (χ2n) is 4.88. The van der Waals surface area contributed by atoms with Gasteiger partial charge in [-0.1, -0.05) is 30.3 Å². The molecule has 1 aromatic rings. The van der Waals surface area contributed by atoms with Gasteiger partial charge in [-0.2, -0.15) is 0 Å². The molecule has 0 amide bonds. The molecule has 2 atom stereocenters. The molecule has 1 saturated heterocycles. The summed E-state index contributed by atoms with van der Waals surface area (Å²) in [5.74, 6) is 0.633. The molecule has 0 radical (unpaired) electrons. The van der Waals surface area contributed by atoms with Crippen molar-refractivity contribution < 1.29 is 0 Å². The first kappa shape index (κ1) is 12.6. The summed E-state index contributed by atoms with van der Waals surface area (Å²) in [4.78, 5) is 2.47. The molecule has 94 valence electrons. The fourth-order valence-electron chi connectivity index (χ4n) is 2.73. The van der Waals surface area contributed by atoms with Crippen molar-refractivity contribution in [3.05, 3.63) is 35.9 Å². The standard InChI is InChI=1S/C14H23N3/c1-16-14-9-13(10-17(11-14)8-7-15)12-5-3-2-4-6-12/h2-6,13-14,16H,7-11,15H2,1H3. The fraction of sp³-hybridized carbons (Fsp3) is 0.571. The number of piperidine rings is 1. The van der Waals surface area contributed by atoms with Gasteiger partial charge in [-0.3, -0.25) is 4.90 Å². The van der Waals surface area contributed by atoms with Crippen LogP contribution < -0.4 is 11.1 Å². The smallest absolute Gasteiger partial charge is 0.0198 e. The molecule has 1 aliphatic heterocycles. The summed E-state index contributed by atoms with van der Waals surface area (Å²) in [7, 11) is 2.05. The first-order valence-electron chi connectivity index (χ1n) is 6.48. The lowest BCUT2D eigenvalue weighted by Crippen LogP contribution is -2.48. The van der Waals surface area contributed by atoms with E-state index in [-0.39, 0.29) is 0 Å². The number of rotatable bonds is 4. The number of nitrogens with one attached hydrogen (secondary N) is 1. The van der Waals surface area contributed by atoms with E-state index >= 15 is 0 Å². The van der Waals surface area contributed by atoms with Gasteiger partial charge < -0.3 is 11.1 Å². The lowest BCUT2D eigenvalue weighted by Gasteiger charge is -2.37. The Morgan fingerprint density at radius 3 is 2.71 bits per heavy atom. The molecule has 0 spiro atoms. The molecule has 0 saturated carbocycles.